The number of carboxylic acids is 1. The second kappa shape index (κ2) is 5.20. The number of amides is 1. The van der Waals surface area contributed by atoms with E-state index in [0.717, 1.165) is 23.7 Å². The Balaban J connectivity index is 1.76. The molecule has 2 aliphatic carbocycles. The number of nitrogens with one attached hydrogen (secondary N) is 1. The van der Waals surface area contributed by atoms with E-state index in [9.17, 15) is 14.7 Å². The molecule has 1 amide bonds. The van der Waals surface area contributed by atoms with Crippen LogP contribution in [0.2, 0.25) is 0 Å². The molecule has 0 heterocycles. The molecule has 2 aliphatic rings. The molecule has 20 heavy (non-hydrogen) atoms. The summed E-state index contributed by atoms with van der Waals surface area (Å²) in [6, 6.07) is 7.33. The minimum atomic E-state index is -0.826. The molecular weight excluding hydrogens is 322 g/mol. The minimum Gasteiger partial charge on any atom is -0.481 e. The van der Waals surface area contributed by atoms with E-state index in [1.54, 1.807) is 0 Å². The van der Waals surface area contributed by atoms with E-state index < -0.39 is 11.9 Å². The van der Waals surface area contributed by atoms with Crippen molar-refractivity contribution in [2.24, 2.45) is 23.7 Å². The summed E-state index contributed by atoms with van der Waals surface area (Å²) in [5.74, 6) is -1.45. The van der Waals surface area contributed by atoms with Gasteiger partial charge in [0.1, 0.15) is 0 Å². The smallest absolute Gasteiger partial charge is 0.307 e. The molecule has 4 nitrogen and oxygen atoms in total. The maximum absolute atomic E-state index is 12.4. The van der Waals surface area contributed by atoms with Gasteiger partial charge in [0.25, 0.3) is 0 Å². The summed E-state index contributed by atoms with van der Waals surface area (Å²) in [6.07, 6.45) is 2.81. The van der Waals surface area contributed by atoms with Gasteiger partial charge in [-0.3, -0.25) is 9.59 Å². The third-order valence-electron chi connectivity index (χ3n) is 4.62. The molecule has 4 atom stereocenters. The van der Waals surface area contributed by atoms with Gasteiger partial charge in [-0.25, -0.2) is 0 Å². The van der Waals surface area contributed by atoms with E-state index in [0.29, 0.717) is 5.69 Å². The normalized spacial score (nSPS) is 31.2. The van der Waals surface area contributed by atoms with Crippen molar-refractivity contribution < 1.29 is 14.7 Å². The Labute approximate surface area is 125 Å². The Kier molecular flexibility index (Phi) is 3.54. The van der Waals surface area contributed by atoms with Crippen molar-refractivity contribution in [2.75, 3.05) is 5.32 Å². The molecule has 0 unspecified atom stereocenters. The summed E-state index contributed by atoms with van der Waals surface area (Å²) in [6.45, 7) is 0. The molecule has 2 bridgehead atoms. The summed E-state index contributed by atoms with van der Waals surface area (Å²) >= 11 is 3.34. The number of benzene rings is 1. The van der Waals surface area contributed by atoms with E-state index in [-0.39, 0.29) is 23.7 Å². The summed E-state index contributed by atoms with van der Waals surface area (Å²) in [4.78, 5) is 23.8. The zero-order valence-corrected chi connectivity index (χ0v) is 12.5. The molecule has 0 aliphatic heterocycles. The molecule has 1 aromatic carbocycles. The lowest BCUT2D eigenvalue weighted by Gasteiger charge is -2.27. The van der Waals surface area contributed by atoms with Crippen LogP contribution in [0.3, 0.4) is 0 Å². The monoisotopic (exact) mass is 337 g/mol. The molecule has 2 fully saturated rings. The molecule has 0 radical (unpaired) electrons. The summed E-state index contributed by atoms with van der Waals surface area (Å²) in [5.41, 5.74) is 0.713. The number of carbonyl (C=O) groups is 2. The summed E-state index contributed by atoms with van der Waals surface area (Å²) in [7, 11) is 0. The topological polar surface area (TPSA) is 66.4 Å². The lowest BCUT2D eigenvalue weighted by Crippen LogP contribution is -2.37. The number of anilines is 1. The Morgan fingerprint density at radius 3 is 2.30 bits per heavy atom. The van der Waals surface area contributed by atoms with E-state index in [2.05, 4.69) is 21.2 Å². The van der Waals surface area contributed by atoms with Crippen LogP contribution in [0.25, 0.3) is 0 Å². The lowest BCUT2D eigenvalue weighted by molar-refractivity contribution is -0.148. The fourth-order valence-corrected chi connectivity index (χ4v) is 4.05. The van der Waals surface area contributed by atoms with Gasteiger partial charge in [-0.05, 0) is 55.4 Å². The second-order valence-electron chi connectivity index (χ2n) is 5.72. The Morgan fingerprint density at radius 1 is 1.10 bits per heavy atom. The van der Waals surface area contributed by atoms with Crippen LogP contribution in [0.1, 0.15) is 19.3 Å². The zero-order chi connectivity index (χ0) is 14.3. The molecule has 1 aromatic rings. The highest BCUT2D eigenvalue weighted by Crippen LogP contribution is 2.52. The molecule has 0 saturated heterocycles. The largest absolute Gasteiger partial charge is 0.481 e. The van der Waals surface area contributed by atoms with E-state index in [4.69, 9.17) is 0 Å². The van der Waals surface area contributed by atoms with Crippen LogP contribution in [0.15, 0.2) is 28.7 Å². The highest BCUT2D eigenvalue weighted by atomic mass is 79.9. The highest BCUT2D eigenvalue weighted by molar-refractivity contribution is 9.10. The van der Waals surface area contributed by atoms with Crippen molar-refractivity contribution in [1.29, 1.82) is 0 Å². The van der Waals surface area contributed by atoms with Crippen LogP contribution in [0.5, 0.6) is 0 Å². The number of halogens is 1. The standard InChI is InChI=1S/C15H16BrNO3/c16-10-3-5-11(6-4-10)17-14(18)12-8-1-2-9(7-8)13(12)15(19)20/h3-6,8-9,12-13H,1-2,7H2,(H,17,18)(H,19,20)/t8-,9+,12-,13+/m1/s1. The Morgan fingerprint density at radius 2 is 1.70 bits per heavy atom. The third-order valence-corrected chi connectivity index (χ3v) is 5.14. The van der Waals surface area contributed by atoms with Gasteiger partial charge in [0, 0.05) is 10.2 Å². The Bertz CT molecular complexity index is 543. The van der Waals surface area contributed by atoms with Gasteiger partial charge in [0.2, 0.25) is 5.91 Å². The van der Waals surface area contributed by atoms with Gasteiger partial charge < -0.3 is 10.4 Å². The first-order valence-corrected chi connectivity index (χ1v) is 7.65. The van der Waals surface area contributed by atoms with Crippen molar-refractivity contribution in [3.8, 4) is 0 Å². The van der Waals surface area contributed by atoms with Gasteiger partial charge in [-0.2, -0.15) is 0 Å². The predicted octanol–water partition coefficient (Wildman–Crippen LogP) is 3.13. The van der Waals surface area contributed by atoms with Crippen LogP contribution in [0, 0.1) is 23.7 Å². The molecule has 0 spiro atoms. The van der Waals surface area contributed by atoms with Gasteiger partial charge in [-0.15, -0.1) is 0 Å². The van der Waals surface area contributed by atoms with Gasteiger partial charge in [0.05, 0.1) is 11.8 Å². The van der Waals surface area contributed by atoms with Crippen LogP contribution in [0.4, 0.5) is 5.69 Å². The maximum atomic E-state index is 12.4. The first kappa shape index (κ1) is 13.6. The average molecular weight is 338 g/mol. The number of hydrogen-bond donors (Lipinski definition) is 2. The first-order valence-electron chi connectivity index (χ1n) is 6.85. The number of carbonyl (C=O) groups excluding carboxylic acids is 1. The SMILES string of the molecule is O=C(Nc1ccc(Br)cc1)[C@@H]1[C@@H]2CC[C@@H](C2)[C@@H]1C(=O)O. The van der Waals surface area contributed by atoms with E-state index >= 15 is 0 Å². The first-order chi connectivity index (χ1) is 9.56. The summed E-state index contributed by atoms with van der Waals surface area (Å²) < 4.78 is 0.943. The van der Waals surface area contributed by atoms with Gasteiger partial charge in [-0.1, -0.05) is 15.9 Å². The van der Waals surface area contributed by atoms with Crippen LogP contribution < -0.4 is 5.32 Å². The molecule has 106 valence electrons. The predicted molar refractivity (Wildman–Crippen MR) is 78.2 cm³/mol. The maximum Gasteiger partial charge on any atom is 0.307 e. The number of rotatable bonds is 3. The minimum absolute atomic E-state index is 0.146. The molecule has 2 N–H and O–H groups in total. The third kappa shape index (κ3) is 2.35. The summed E-state index contributed by atoms with van der Waals surface area (Å²) in [5, 5.41) is 12.2. The molecule has 0 aromatic heterocycles. The van der Waals surface area contributed by atoms with Crippen molar-refractivity contribution in [3.63, 3.8) is 0 Å². The highest BCUT2D eigenvalue weighted by Gasteiger charge is 2.53. The van der Waals surface area contributed by atoms with E-state index in [1.807, 2.05) is 24.3 Å². The second-order valence-corrected chi connectivity index (χ2v) is 6.63. The quantitative estimate of drug-likeness (QED) is 0.890. The van der Waals surface area contributed by atoms with Crippen LogP contribution in [-0.2, 0) is 9.59 Å². The Hall–Kier alpha value is -1.36. The van der Waals surface area contributed by atoms with Crippen molar-refractivity contribution >= 4 is 33.5 Å². The lowest BCUT2D eigenvalue weighted by atomic mass is 9.78. The number of hydrogen-bond acceptors (Lipinski definition) is 2. The molecule has 3 rings (SSSR count). The number of carboxylic acid groups (broad SMARTS) is 1. The van der Waals surface area contributed by atoms with E-state index in [1.165, 1.54) is 0 Å². The van der Waals surface area contributed by atoms with Crippen LogP contribution >= 0.6 is 15.9 Å². The zero-order valence-electron chi connectivity index (χ0n) is 10.9. The average Bonchev–Trinajstić information content (AvgIpc) is 3.01. The fourth-order valence-electron chi connectivity index (χ4n) is 3.78. The fraction of sp³-hybridized carbons (Fsp3) is 0.467. The van der Waals surface area contributed by atoms with Crippen molar-refractivity contribution in [3.05, 3.63) is 28.7 Å². The molecular formula is C15H16BrNO3. The molecule has 5 heteroatoms. The van der Waals surface area contributed by atoms with Crippen LogP contribution in [-0.4, -0.2) is 17.0 Å². The van der Waals surface area contributed by atoms with Crippen molar-refractivity contribution in [1.82, 2.24) is 0 Å². The van der Waals surface area contributed by atoms with Gasteiger partial charge in [0.15, 0.2) is 0 Å². The van der Waals surface area contributed by atoms with Gasteiger partial charge >= 0.3 is 5.97 Å². The number of aliphatic carboxylic acids is 1. The number of fused-ring (bicyclic) bond motifs is 2. The molecule has 2 saturated carbocycles. The van der Waals surface area contributed by atoms with Crippen molar-refractivity contribution in [2.45, 2.75) is 19.3 Å².